The van der Waals surface area contributed by atoms with Crippen LogP contribution >= 0.6 is 11.8 Å². The quantitative estimate of drug-likeness (QED) is 0.523. The molecule has 1 N–H and O–H groups in total. The van der Waals surface area contributed by atoms with Crippen molar-refractivity contribution in [2.75, 3.05) is 11.1 Å². The average molecular weight is 425 g/mol. The number of carbonyl (C=O) groups is 1. The van der Waals surface area contributed by atoms with Gasteiger partial charge >= 0.3 is 0 Å². The molecule has 1 atom stereocenters. The van der Waals surface area contributed by atoms with Gasteiger partial charge in [0.2, 0.25) is 5.91 Å². The fraction of sp³-hybridized carbons (Fsp3) is 0.348. The maximum absolute atomic E-state index is 12.4. The fourth-order valence-corrected chi connectivity index (χ4v) is 3.79. The first-order chi connectivity index (χ1) is 14.4. The minimum atomic E-state index is -0.256. The summed E-state index contributed by atoms with van der Waals surface area (Å²) in [5, 5.41) is 12.1. The third-order valence-electron chi connectivity index (χ3n) is 5.09. The molecule has 1 aromatic heterocycles. The summed E-state index contributed by atoms with van der Waals surface area (Å²) < 4.78 is 7.89. The van der Waals surface area contributed by atoms with E-state index in [9.17, 15) is 4.79 Å². The molecule has 0 spiro atoms. The van der Waals surface area contributed by atoms with Crippen LogP contribution in [0.5, 0.6) is 5.75 Å². The molecule has 0 saturated heterocycles. The van der Waals surface area contributed by atoms with Crippen molar-refractivity contribution in [3.63, 3.8) is 0 Å². The van der Waals surface area contributed by atoms with Crippen LogP contribution in [0.4, 0.5) is 5.69 Å². The van der Waals surface area contributed by atoms with E-state index in [-0.39, 0.29) is 17.8 Å². The van der Waals surface area contributed by atoms with Crippen molar-refractivity contribution in [3.8, 4) is 5.75 Å². The first kappa shape index (κ1) is 21.9. The first-order valence-corrected chi connectivity index (χ1v) is 11.0. The SMILES string of the molecule is CCc1ccc(O[C@@H](C)c2nnc(SCC(=O)Nc3cccc(C)c3C)n2C)cc1. The Hall–Kier alpha value is -2.80. The van der Waals surface area contributed by atoms with Gasteiger partial charge in [-0.1, -0.05) is 43.0 Å². The highest BCUT2D eigenvalue weighted by molar-refractivity contribution is 7.99. The Balaban J connectivity index is 1.59. The number of nitrogens with one attached hydrogen (secondary N) is 1. The third kappa shape index (κ3) is 5.21. The van der Waals surface area contributed by atoms with E-state index in [4.69, 9.17) is 4.74 Å². The Bertz CT molecular complexity index is 1010. The fourth-order valence-electron chi connectivity index (χ4n) is 3.07. The number of benzene rings is 2. The predicted molar refractivity (Wildman–Crippen MR) is 121 cm³/mol. The number of hydrogen-bond acceptors (Lipinski definition) is 5. The van der Waals surface area contributed by atoms with Crippen LogP contribution in [0, 0.1) is 13.8 Å². The molecule has 0 aliphatic carbocycles. The van der Waals surface area contributed by atoms with Gasteiger partial charge in [-0.2, -0.15) is 0 Å². The van der Waals surface area contributed by atoms with Crippen LogP contribution in [-0.2, 0) is 18.3 Å². The number of thioether (sulfide) groups is 1. The number of ether oxygens (including phenoxy) is 1. The highest BCUT2D eigenvalue weighted by atomic mass is 32.2. The molecule has 3 rings (SSSR count). The van der Waals surface area contributed by atoms with Gasteiger partial charge in [0.05, 0.1) is 5.75 Å². The van der Waals surface area contributed by atoms with Crippen molar-refractivity contribution in [3.05, 3.63) is 65.0 Å². The molecule has 0 fully saturated rings. The largest absolute Gasteiger partial charge is 0.483 e. The summed E-state index contributed by atoms with van der Waals surface area (Å²) in [6.45, 7) is 8.10. The molecule has 7 heteroatoms. The predicted octanol–water partition coefficient (Wildman–Crippen LogP) is 4.87. The average Bonchev–Trinajstić information content (AvgIpc) is 3.11. The van der Waals surface area contributed by atoms with Gasteiger partial charge in [0.25, 0.3) is 0 Å². The Morgan fingerprint density at radius 1 is 1.17 bits per heavy atom. The molecule has 1 amide bonds. The van der Waals surface area contributed by atoms with Crippen LogP contribution in [0.1, 0.15) is 42.5 Å². The number of rotatable bonds is 8. The van der Waals surface area contributed by atoms with E-state index in [0.717, 1.165) is 29.0 Å². The van der Waals surface area contributed by atoms with Crippen LogP contribution in [-0.4, -0.2) is 26.4 Å². The molecule has 0 unspecified atom stereocenters. The van der Waals surface area contributed by atoms with Crippen LogP contribution in [0.25, 0.3) is 0 Å². The number of aromatic nitrogens is 3. The van der Waals surface area contributed by atoms with Crippen LogP contribution in [0.15, 0.2) is 47.6 Å². The van der Waals surface area contributed by atoms with E-state index in [1.54, 1.807) is 0 Å². The van der Waals surface area contributed by atoms with Gasteiger partial charge in [-0.05, 0) is 62.1 Å². The summed E-state index contributed by atoms with van der Waals surface area (Å²) in [6, 6.07) is 14.0. The summed E-state index contributed by atoms with van der Waals surface area (Å²) in [4.78, 5) is 12.4. The van der Waals surface area contributed by atoms with Gasteiger partial charge in [0, 0.05) is 12.7 Å². The van der Waals surface area contributed by atoms with E-state index in [1.807, 2.05) is 62.7 Å². The van der Waals surface area contributed by atoms with Crippen LogP contribution in [0.2, 0.25) is 0 Å². The zero-order chi connectivity index (χ0) is 21.7. The molecule has 30 heavy (non-hydrogen) atoms. The number of amides is 1. The second-order valence-electron chi connectivity index (χ2n) is 7.24. The minimum Gasteiger partial charge on any atom is -0.483 e. The number of anilines is 1. The highest BCUT2D eigenvalue weighted by Crippen LogP contribution is 2.24. The summed E-state index contributed by atoms with van der Waals surface area (Å²) in [7, 11) is 1.89. The molecule has 158 valence electrons. The lowest BCUT2D eigenvalue weighted by Crippen LogP contribution is -2.15. The Labute approximate surface area is 182 Å². The van der Waals surface area contributed by atoms with Gasteiger partial charge in [0.1, 0.15) is 5.75 Å². The van der Waals surface area contributed by atoms with Gasteiger partial charge in [-0.15, -0.1) is 10.2 Å². The topological polar surface area (TPSA) is 69.0 Å². The first-order valence-electron chi connectivity index (χ1n) is 10.0. The van der Waals surface area contributed by atoms with E-state index < -0.39 is 0 Å². The summed E-state index contributed by atoms with van der Waals surface area (Å²) in [5.74, 6) is 1.70. The zero-order valence-corrected chi connectivity index (χ0v) is 18.9. The smallest absolute Gasteiger partial charge is 0.234 e. The molecular formula is C23H28N4O2S. The molecule has 0 aliphatic rings. The van der Waals surface area contributed by atoms with Gasteiger partial charge in [0.15, 0.2) is 17.1 Å². The lowest BCUT2D eigenvalue weighted by atomic mass is 10.1. The minimum absolute atomic E-state index is 0.0708. The van der Waals surface area contributed by atoms with E-state index in [1.165, 1.54) is 17.3 Å². The van der Waals surface area contributed by atoms with Crippen molar-refractivity contribution < 1.29 is 9.53 Å². The highest BCUT2D eigenvalue weighted by Gasteiger charge is 2.18. The number of carbonyl (C=O) groups excluding carboxylic acids is 1. The third-order valence-corrected chi connectivity index (χ3v) is 6.11. The van der Waals surface area contributed by atoms with E-state index in [2.05, 4.69) is 34.6 Å². The number of aryl methyl sites for hydroxylation is 2. The maximum Gasteiger partial charge on any atom is 0.234 e. The molecule has 0 bridgehead atoms. The molecule has 2 aromatic carbocycles. The molecule has 6 nitrogen and oxygen atoms in total. The van der Waals surface area contributed by atoms with E-state index in [0.29, 0.717) is 11.0 Å². The number of hydrogen-bond donors (Lipinski definition) is 1. The van der Waals surface area contributed by atoms with Crippen LogP contribution < -0.4 is 10.1 Å². The van der Waals surface area contributed by atoms with Crippen molar-refractivity contribution in [1.82, 2.24) is 14.8 Å². The lowest BCUT2D eigenvalue weighted by Gasteiger charge is -2.14. The number of nitrogens with zero attached hydrogens (tertiary/aromatic N) is 3. The monoisotopic (exact) mass is 424 g/mol. The molecule has 0 aliphatic heterocycles. The Kier molecular flexibility index (Phi) is 7.15. The van der Waals surface area contributed by atoms with Crippen molar-refractivity contribution in [1.29, 1.82) is 0 Å². The van der Waals surface area contributed by atoms with Gasteiger partial charge < -0.3 is 14.6 Å². The van der Waals surface area contributed by atoms with Gasteiger partial charge in [-0.3, -0.25) is 4.79 Å². The molecule has 0 radical (unpaired) electrons. The van der Waals surface area contributed by atoms with Gasteiger partial charge in [-0.25, -0.2) is 0 Å². The molecule has 1 heterocycles. The zero-order valence-electron chi connectivity index (χ0n) is 18.1. The second-order valence-corrected chi connectivity index (χ2v) is 8.18. The normalized spacial score (nSPS) is 11.9. The summed E-state index contributed by atoms with van der Waals surface area (Å²) >= 11 is 1.36. The Morgan fingerprint density at radius 2 is 1.90 bits per heavy atom. The Morgan fingerprint density at radius 3 is 2.60 bits per heavy atom. The summed E-state index contributed by atoms with van der Waals surface area (Å²) in [6.07, 6.45) is 0.740. The molecular weight excluding hydrogens is 396 g/mol. The van der Waals surface area contributed by atoms with Crippen molar-refractivity contribution >= 4 is 23.4 Å². The molecule has 3 aromatic rings. The lowest BCUT2D eigenvalue weighted by molar-refractivity contribution is -0.113. The molecule has 0 saturated carbocycles. The van der Waals surface area contributed by atoms with Crippen LogP contribution in [0.3, 0.4) is 0 Å². The van der Waals surface area contributed by atoms with Crippen molar-refractivity contribution in [2.45, 2.75) is 45.4 Å². The summed E-state index contributed by atoms with van der Waals surface area (Å²) in [5.41, 5.74) is 4.34. The van der Waals surface area contributed by atoms with Crippen molar-refractivity contribution in [2.24, 2.45) is 7.05 Å². The van der Waals surface area contributed by atoms with E-state index >= 15 is 0 Å². The second kappa shape index (κ2) is 9.80. The standard InChI is InChI=1S/C23H28N4O2S/c1-6-18-10-12-19(13-11-18)29-17(4)22-25-26-23(27(22)5)30-14-21(28)24-20-9-7-8-15(2)16(20)3/h7-13,17H,6,14H2,1-5H3,(H,24,28)/t17-/m0/s1. The maximum atomic E-state index is 12.4.